The van der Waals surface area contributed by atoms with Gasteiger partial charge in [0.25, 0.3) is 0 Å². The predicted octanol–water partition coefficient (Wildman–Crippen LogP) is 4.25. The monoisotopic (exact) mass is 338 g/mol. The van der Waals surface area contributed by atoms with Crippen LogP contribution in [0.15, 0.2) is 0 Å². The molecule has 0 aromatic heterocycles. The molecule has 1 rings (SSSR count). The molecule has 0 spiro atoms. The van der Waals surface area contributed by atoms with Gasteiger partial charge in [-0.15, -0.1) is 0 Å². The van der Waals surface area contributed by atoms with Crippen LogP contribution >= 0.6 is 22.6 Å². The van der Waals surface area contributed by atoms with Crippen molar-refractivity contribution >= 4 is 28.6 Å². The van der Waals surface area contributed by atoms with Crippen molar-refractivity contribution in [2.24, 2.45) is 0 Å². The van der Waals surface area contributed by atoms with E-state index >= 15 is 0 Å². The van der Waals surface area contributed by atoms with Crippen LogP contribution in [0.5, 0.6) is 0 Å². The van der Waals surface area contributed by atoms with Crippen LogP contribution in [0.2, 0.25) is 0 Å². The molecule has 0 radical (unpaired) electrons. The van der Waals surface area contributed by atoms with Gasteiger partial charge in [0, 0.05) is 0 Å². The molecule has 1 fully saturated rings. The van der Waals surface area contributed by atoms with E-state index < -0.39 is 0 Å². The van der Waals surface area contributed by atoms with E-state index in [-0.39, 0.29) is 15.5 Å². The highest BCUT2D eigenvalue weighted by atomic mass is 127. The van der Waals surface area contributed by atoms with Crippen LogP contribution < -0.4 is 0 Å². The predicted molar refractivity (Wildman–Crippen MR) is 74.9 cm³/mol. The fourth-order valence-corrected chi connectivity index (χ4v) is 2.63. The Hall–Kier alpha value is 0.200. The number of alkyl halides is 1. The lowest BCUT2D eigenvalue weighted by atomic mass is 9.81. The smallest absolute Gasteiger partial charge is 0.319 e. The van der Waals surface area contributed by atoms with Crippen LogP contribution in [0, 0.1) is 0 Å². The Morgan fingerprint density at radius 3 is 2.44 bits per heavy atom. The zero-order chi connectivity index (χ0) is 12.0. The summed E-state index contributed by atoms with van der Waals surface area (Å²) >= 11 is 2.19. The van der Waals surface area contributed by atoms with Crippen molar-refractivity contribution in [3.63, 3.8) is 0 Å². The lowest BCUT2D eigenvalue weighted by molar-refractivity contribution is -0.163. The van der Waals surface area contributed by atoms with Crippen molar-refractivity contribution in [2.75, 3.05) is 0 Å². The second-order valence-corrected chi connectivity index (χ2v) is 6.29. The first kappa shape index (κ1) is 14.3. The summed E-state index contributed by atoms with van der Waals surface area (Å²) in [5.74, 6) is -0.00144. The van der Waals surface area contributed by atoms with Crippen LogP contribution in [0.25, 0.3) is 0 Å². The summed E-state index contributed by atoms with van der Waals surface area (Å²) in [5.41, 5.74) is -0.122. The summed E-state index contributed by atoms with van der Waals surface area (Å²) in [7, 11) is 0. The molecule has 0 saturated heterocycles. The number of esters is 1. The van der Waals surface area contributed by atoms with Gasteiger partial charge in [-0.2, -0.15) is 0 Å². The fraction of sp³-hybridized carbons (Fsp3) is 0.923. The van der Waals surface area contributed by atoms with Crippen molar-refractivity contribution in [3.05, 3.63) is 0 Å². The van der Waals surface area contributed by atoms with Crippen LogP contribution in [-0.4, -0.2) is 15.5 Å². The number of halogens is 1. The zero-order valence-corrected chi connectivity index (χ0v) is 12.6. The molecule has 0 amide bonds. The van der Waals surface area contributed by atoms with Gasteiger partial charge >= 0.3 is 5.97 Å². The molecule has 0 N–H and O–H groups in total. The number of hydrogen-bond acceptors (Lipinski definition) is 2. The Bertz CT molecular complexity index is 216. The van der Waals surface area contributed by atoms with E-state index in [4.69, 9.17) is 4.74 Å². The van der Waals surface area contributed by atoms with Gasteiger partial charge in [-0.1, -0.05) is 49.3 Å². The minimum absolute atomic E-state index is 0.00144. The van der Waals surface area contributed by atoms with Crippen LogP contribution in [-0.2, 0) is 9.53 Å². The van der Waals surface area contributed by atoms with Crippen molar-refractivity contribution in [1.82, 2.24) is 0 Å². The Morgan fingerprint density at radius 2 is 1.94 bits per heavy atom. The lowest BCUT2D eigenvalue weighted by Crippen LogP contribution is -2.39. The van der Waals surface area contributed by atoms with Crippen molar-refractivity contribution in [1.29, 1.82) is 0 Å². The Morgan fingerprint density at radius 1 is 1.31 bits per heavy atom. The van der Waals surface area contributed by atoms with E-state index in [1.807, 2.05) is 6.92 Å². The number of carbonyl (C=O) groups is 1. The van der Waals surface area contributed by atoms with E-state index in [0.29, 0.717) is 0 Å². The third-order valence-electron chi connectivity index (χ3n) is 3.40. The Kier molecular flexibility index (Phi) is 6.08. The number of carbonyl (C=O) groups excluding carboxylic acids is 1. The summed E-state index contributed by atoms with van der Waals surface area (Å²) in [5, 5.41) is 0. The first-order chi connectivity index (χ1) is 7.63. The van der Waals surface area contributed by atoms with E-state index in [2.05, 4.69) is 29.5 Å². The summed E-state index contributed by atoms with van der Waals surface area (Å²) in [6.07, 6.45) is 8.86. The first-order valence-corrected chi connectivity index (χ1v) is 7.75. The summed E-state index contributed by atoms with van der Waals surface area (Å²) in [6, 6.07) is 0. The molecule has 0 aliphatic heterocycles. The van der Waals surface area contributed by atoms with E-state index in [9.17, 15) is 4.79 Å². The average molecular weight is 338 g/mol. The summed E-state index contributed by atoms with van der Waals surface area (Å²) < 4.78 is 5.85. The molecular formula is C13H23IO2. The molecule has 3 heteroatoms. The molecule has 1 aliphatic rings. The highest BCUT2D eigenvalue weighted by molar-refractivity contribution is 14.1. The standard InChI is InChI=1S/C13H23IO2/c1-3-8-13(9-6-5-7-10-13)16-12(15)11(14)4-2/h11H,3-10H2,1-2H3. The van der Waals surface area contributed by atoms with Gasteiger partial charge in [0.05, 0.1) is 0 Å². The minimum Gasteiger partial charge on any atom is -0.458 e. The third-order valence-corrected chi connectivity index (χ3v) is 4.79. The molecule has 0 aromatic rings. The van der Waals surface area contributed by atoms with Gasteiger partial charge in [0.15, 0.2) is 0 Å². The fourth-order valence-electron chi connectivity index (χ4n) is 2.50. The lowest BCUT2D eigenvalue weighted by Gasteiger charge is -2.37. The SMILES string of the molecule is CCCC1(OC(=O)C(I)CC)CCCCC1. The maximum atomic E-state index is 11.9. The van der Waals surface area contributed by atoms with Gasteiger partial charge < -0.3 is 4.74 Å². The van der Waals surface area contributed by atoms with Crippen molar-refractivity contribution < 1.29 is 9.53 Å². The van der Waals surface area contributed by atoms with Gasteiger partial charge in [0.2, 0.25) is 0 Å². The van der Waals surface area contributed by atoms with Crippen molar-refractivity contribution in [3.8, 4) is 0 Å². The molecule has 16 heavy (non-hydrogen) atoms. The Balaban J connectivity index is 2.59. The second kappa shape index (κ2) is 6.82. The number of hydrogen-bond donors (Lipinski definition) is 0. The van der Waals surface area contributed by atoms with Crippen LogP contribution in [0.1, 0.15) is 65.2 Å². The second-order valence-electron chi connectivity index (χ2n) is 4.79. The maximum absolute atomic E-state index is 11.9. The van der Waals surface area contributed by atoms with Gasteiger partial charge in [-0.3, -0.25) is 4.79 Å². The molecule has 0 aromatic carbocycles. The molecular weight excluding hydrogens is 315 g/mol. The quantitative estimate of drug-likeness (QED) is 0.426. The number of ether oxygens (including phenoxy) is 1. The highest BCUT2D eigenvalue weighted by Gasteiger charge is 2.36. The zero-order valence-electron chi connectivity index (χ0n) is 10.4. The molecule has 1 saturated carbocycles. The van der Waals surface area contributed by atoms with E-state index in [1.54, 1.807) is 0 Å². The minimum atomic E-state index is -0.122. The summed E-state index contributed by atoms with van der Waals surface area (Å²) in [4.78, 5) is 11.9. The number of rotatable bonds is 5. The van der Waals surface area contributed by atoms with Crippen LogP contribution in [0.3, 0.4) is 0 Å². The molecule has 0 bridgehead atoms. The molecule has 1 aliphatic carbocycles. The van der Waals surface area contributed by atoms with Crippen LogP contribution in [0.4, 0.5) is 0 Å². The van der Waals surface area contributed by atoms with Crippen molar-refractivity contribution in [2.45, 2.75) is 74.7 Å². The molecule has 1 unspecified atom stereocenters. The highest BCUT2D eigenvalue weighted by Crippen LogP contribution is 2.36. The molecule has 2 nitrogen and oxygen atoms in total. The third kappa shape index (κ3) is 3.90. The van der Waals surface area contributed by atoms with E-state index in [1.165, 1.54) is 19.3 Å². The van der Waals surface area contributed by atoms with Gasteiger partial charge in [0.1, 0.15) is 9.53 Å². The van der Waals surface area contributed by atoms with Gasteiger partial charge in [-0.05, 0) is 38.5 Å². The first-order valence-electron chi connectivity index (χ1n) is 6.50. The molecule has 94 valence electrons. The van der Waals surface area contributed by atoms with Gasteiger partial charge in [-0.25, -0.2) is 0 Å². The van der Waals surface area contributed by atoms with E-state index in [0.717, 1.165) is 32.1 Å². The summed E-state index contributed by atoms with van der Waals surface area (Å²) in [6.45, 7) is 4.21. The average Bonchev–Trinajstić information content (AvgIpc) is 2.29. The largest absolute Gasteiger partial charge is 0.458 e. The molecule has 1 atom stereocenters. The Labute approximate surface area is 113 Å². The maximum Gasteiger partial charge on any atom is 0.319 e. The topological polar surface area (TPSA) is 26.3 Å². The molecule has 0 heterocycles. The normalized spacial score (nSPS) is 21.4.